The van der Waals surface area contributed by atoms with Gasteiger partial charge in [-0.25, -0.2) is 4.98 Å². The fourth-order valence-corrected chi connectivity index (χ4v) is 2.19. The molecule has 1 heterocycles. The van der Waals surface area contributed by atoms with Gasteiger partial charge in [0.1, 0.15) is 11.3 Å². The first kappa shape index (κ1) is 17.5. The van der Waals surface area contributed by atoms with Crippen LogP contribution < -0.4 is 10.1 Å². The molecule has 0 aliphatic carbocycles. The molecule has 0 bridgehead atoms. The van der Waals surface area contributed by atoms with Crippen molar-refractivity contribution >= 4 is 11.6 Å². The van der Waals surface area contributed by atoms with Gasteiger partial charge in [-0.05, 0) is 48.5 Å². The highest BCUT2D eigenvalue weighted by Gasteiger charge is 2.30. The molecule has 0 saturated heterocycles. The van der Waals surface area contributed by atoms with Gasteiger partial charge in [0.05, 0.1) is 5.56 Å². The third-order valence-electron chi connectivity index (χ3n) is 3.44. The van der Waals surface area contributed by atoms with E-state index in [0.717, 1.165) is 12.1 Å². The van der Waals surface area contributed by atoms with Gasteiger partial charge in [-0.15, -0.1) is 0 Å². The average Bonchev–Trinajstić information content (AvgIpc) is 2.63. The molecule has 132 valence electrons. The highest BCUT2D eigenvalue weighted by molar-refractivity contribution is 6.05. The van der Waals surface area contributed by atoms with E-state index in [0.29, 0.717) is 5.75 Å². The molecule has 7 heteroatoms. The number of carbonyl (C=O) groups is 1. The van der Waals surface area contributed by atoms with Crippen LogP contribution in [-0.2, 0) is 6.18 Å². The molecule has 0 spiro atoms. The molecule has 0 fully saturated rings. The van der Waals surface area contributed by atoms with Crippen LogP contribution in [0.4, 0.5) is 18.9 Å². The van der Waals surface area contributed by atoms with Crippen molar-refractivity contribution in [2.45, 2.75) is 6.18 Å². The normalized spacial score (nSPS) is 11.0. The van der Waals surface area contributed by atoms with E-state index < -0.39 is 17.6 Å². The Morgan fingerprint density at radius 3 is 2.27 bits per heavy atom. The minimum atomic E-state index is -4.43. The molecule has 3 rings (SSSR count). The maximum Gasteiger partial charge on any atom is 0.416 e. The first-order valence-corrected chi connectivity index (χ1v) is 7.60. The van der Waals surface area contributed by atoms with E-state index in [1.807, 2.05) is 6.07 Å². The summed E-state index contributed by atoms with van der Waals surface area (Å²) in [6.45, 7) is 0. The summed E-state index contributed by atoms with van der Waals surface area (Å²) in [4.78, 5) is 16.5. The van der Waals surface area contributed by atoms with Crippen LogP contribution >= 0.6 is 0 Å². The van der Waals surface area contributed by atoms with E-state index in [4.69, 9.17) is 4.74 Å². The number of rotatable bonds is 4. The monoisotopic (exact) mass is 358 g/mol. The fraction of sp³-hybridized carbons (Fsp3) is 0.0526. The van der Waals surface area contributed by atoms with Crippen LogP contribution in [-0.4, -0.2) is 10.9 Å². The summed E-state index contributed by atoms with van der Waals surface area (Å²) in [5.74, 6) is 0.0710. The molecule has 2 aromatic carbocycles. The maximum absolute atomic E-state index is 12.6. The van der Waals surface area contributed by atoms with E-state index in [-0.39, 0.29) is 17.1 Å². The lowest BCUT2D eigenvalue weighted by molar-refractivity contribution is -0.137. The predicted molar refractivity (Wildman–Crippen MR) is 90.2 cm³/mol. The van der Waals surface area contributed by atoms with Crippen molar-refractivity contribution in [3.8, 4) is 11.6 Å². The zero-order valence-electron chi connectivity index (χ0n) is 13.3. The number of ether oxygens (including phenoxy) is 1. The standard InChI is InChI=1S/C19H13F3N2O2/c20-19(21,22)13-8-10-14(11-9-13)24-17(25)16-7-4-12-23-18(16)26-15-5-2-1-3-6-15/h1-12H,(H,24,25). The lowest BCUT2D eigenvalue weighted by Crippen LogP contribution is -2.14. The highest BCUT2D eigenvalue weighted by Crippen LogP contribution is 2.30. The molecular formula is C19H13F3N2O2. The summed E-state index contributed by atoms with van der Waals surface area (Å²) in [5.41, 5.74) is -0.390. The minimum absolute atomic E-state index is 0.100. The lowest BCUT2D eigenvalue weighted by Gasteiger charge is -2.11. The first-order valence-electron chi connectivity index (χ1n) is 7.60. The second kappa shape index (κ2) is 7.26. The summed E-state index contributed by atoms with van der Waals surface area (Å²) in [7, 11) is 0. The number of nitrogens with zero attached hydrogens (tertiary/aromatic N) is 1. The van der Waals surface area contributed by atoms with Gasteiger partial charge in [-0.2, -0.15) is 13.2 Å². The summed E-state index contributed by atoms with van der Waals surface area (Å²) < 4.78 is 43.4. The van der Waals surface area contributed by atoms with Crippen LogP contribution in [0, 0.1) is 0 Å². The second-order valence-corrected chi connectivity index (χ2v) is 5.30. The summed E-state index contributed by atoms with van der Waals surface area (Å²) in [5, 5.41) is 2.54. The van der Waals surface area contributed by atoms with Gasteiger partial charge >= 0.3 is 6.18 Å². The molecule has 1 amide bonds. The van der Waals surface area contributed by atoms with Crippen molar-refractivity contribution in [1.82, 2.24) is 4.98 Å². The van der Waals surface area contributed by atoms with Crippen LogP contribution in [0.15, 0.2) is 72.9 Å². The number of alkyl halides is 3. The molecular weight excluding hydrogens is 345 g/mol. The average molecular weight is 358 g/mol. The van der Waals surface area contributed by atoms with Crippen molar-refractivity contribution in [2.75, 3.05) is 5.32 Å². The van der Waals surface area contributed by atoms with Crippen molar-refractivity contribution in [3.63, 3.8) is 0 Å². The van der Waals surface area contributed by atoms with E-state index in [1.165, 1.54) is 24.4 Å². The molecule has 0 atom stereocenters. The smallest absolute Gasteiger partial charge is 0.416 e. The van der Waals surface area contributed by atoms with Crippen LogP contribution in [0.1, 0.15) is 15.9 Å². The summed E-state index contributed by atoms with van der Waals surface area (Å²) in [6.07, 6.45) is -2.95. The Kier molecular flexibility index (Phi) is 4.88. The number of hydrogen-bond donors (Lipinski definition) is 1. The van der Waals surface area contributed by atoms with Gasteiger partial charge in [0.15, 0.2) is 0 Å². The number of pyridine rings is 1. The number of carbonyl (C=O) groups excluding carboxylic acids is 1. The Morgan fingerprint density at radius 2 is 1.62 bits per heavy atom. The van der Waals surface area contributed by atoms with E-state index in [9.17, 15) is 18.0 Å². The Hall–Kier alpha value is -3.35. The Morgan fingerprint density at radius 1 is 0.923 bits per heavy atom. The zero-order chi connectivity index (χ0) is 18.6. The van der Waals surface area contributed by atoms with Crippen molar-refractivity contribution in [1.29, 1.82) is 0 Å². The number of para-hydroxylation sites is 1. The molecule has 0 unspecified atom stereocenters. The predicted octanol–water partition coefficient (Wildman–Crippen LogP) is 5.15. The SMILES string of the molecule is O=C(Nc1ccc(C(F)(F)F)cc1)c1cccnc1Oc1ccccc1. The molecule has 1 N–H and O–H groups in total. The van der Waals surface area contributed by atoms with Crippen LogP contribution in [0.2, 0.25) is 0 Å². The first-order chi connectivity index (χ1) is 12.4. The van der Waals surface area contributed by atoms with Gasteiger partial charge in [0, 0.05) is 11.9 Å². The molecule has 0 aliphatic heterocycles. The highest BCUT2D eigenvalue weighted by atomic mass is 19.4. The van der Waals surface area contributed by atoms with Gasteiger partial charge in [0.2, 0.25) is 5.88 Å². The van der Waals surface area contributed by atoms with Crippen LogP contribution in [0.3, 0.4) is 0 Å². The van der Waals surface area contributed by atoms with Gasteiger partial charge in [-0.3, -0.25) is 4.79 Å². The largest absolute Gasteiger partial charge is 0.438 e. The van der Waals surface area contributed by atoms with E-state index >= 15 is 0 Å². The molecule has 0 aliphatic rings. The van der Waals surface area contributed by atoms with Gasteiger partial charge < -0.3 is 10.1 Å². The number of aromatic nitrogens is 1. The number of amides is 1. The van der Waals surface area contributed by atoms with Crippen LogP contribution in [0.5, 0.6) is 11.6 Å². The topological polar surface area (TPSA) is 51.2 Å². The molecule has 1 aromatic heterocycles. The number of hydrogen-bond acceptors (Lipinski definition) is 3. The summed E-state index contributed by atoms with van der Waals surface area (Å²) in [6, 6.07) is 16.1. The summed E-state index contributed by atoms with van der Waals surface area (Å²) >= 11 is 0. The van der Waals surface area contributed by atoms with Crippen molar-refractivity contribution in [2.24, 2.45) is 0 Å². The number of nitrogens with one attached hydrogen (secondary N) is 1. The maximum atomic E-state index is 12.6. The third kappa shape index (κ3) is 4.18. The molecule has 0 saturated carbocycles. The minimum Gasteiger partial charge on any atom is -0.438 e. The zero-order valence-corrected chi connectivity index (χ0v) is 13.3. The molecule has 3 aromatic rings. The second-order valence-electron chi connectivity index (χ2n) is 5.30. The Labute approximate surface area is 147 Å². The van der Waals surface area contributed by atoms with Crippen LogP contribution in [0.25, 0.3) is 0 Å². The number of benzene rings is 2. The fourth-order valence-electron chi connectivity index (χ4n) is 2.19. The van der Waals surface area contributed by atoms with Crippen molar-refractivity contribution in [3.05, 3.63) is 84.1 Å². The number of anilines is 1. The molecule has 26 heavy (non-hydrogen) atoms. The Balaban J connectivity index is 1.78. The lowest BCUT2D eigenvalue weighted by atomic mass is 10.2. The third-order valence-corrected chi connectivity index (χ3v) is 3.44. The van der Waals surface area contributed by atoms with Crippen molar-refractivity contribution < 1.29 is 22.7 Å². The Bertz CT molecular complexity index is 895. The van der Waals surface area contributed by atoms with Gasteiger partial charge in [-0.1, -0.05) is 18.2 Å². The quantitative estimate of drug-likeness (QED) is 0.702. The van der Waals surface area contributed by atoms with Gasteiger partial charge in [0.25, 0.3) is 5.91 Å². The molecule has 4 nitrogen and oxygen atoms in total. The van der Waals surface area contributed by atoms with E-state index in [2.05, 4.69) is 10.3 Å². The van der Waals surface area contributed by atoms with E-state index in [1.54, 1.807) is 30.3 Å². The molecule has 0 radical (unpaired) electrons. The number of halogens is 3.